The van der Waals surface area contributed by atoms with Crippen molar-refractivity contribution in [3.63, 3.8) is 0 Å². The lowest BCUT2D eigenvalue weighted by atomic mass is 10.2. The van der Waals surface area contributed by atoms with Gasteiger partial charge in [0.25, 0.3) is 0 Å². The summed E-state index contributed by atoms with van der Waals surface area (Å²) in [6.45, 7) is 2.35. The molecule has 6 heteroatoms. The largest absolute Gasteiger partial charge is 0.488 e. The molecule has 0 saturated carbocycles. The second-order valence-electron chi connectivity index (χ2n) is 4.77. The molecule has 1 rings (SSSR count). The van der Waals surface area contributed by atoms with Gasteiger partial charge in [0.15, 0.2) is 11.6 Å². The number of hydrogen-bond donors (Lipinski definition) is 2. The van der Waals surface area contributed by atoms with E-state index < -0.39 is 22.7 Å². The summed E-state index contributed by atoms with van der Waals surface area (Å²) in [5.74, 6) is 0.336. The average Bonchev–Trinajstić information content (AvgIpc) is 2.42. The van der Waals surface area contributed by atoms with Crippen molar-refractivity contribution in [2.24, 2.45) is 0 Å². The fraction of sp³-hybridized carbons (Fsp3) is 0.571. The van der Waals surface area contributed by atoms with Crippen molar-refractivity contribution in [1.29, 1.82) is 0 Å². The summed E-state index contributed by atoms with van der Waals surface area (Å²) in [4.78, 5) is 0. The SMILES string of the molecule is CC(CCS(C)=O)NCC(O)COc1ccccc1F. The van der Waals surface area contributed by atoms with Gasteiger partial charge in [-0.15, -0.1) is 0 Å². The molecule has 0 aliphatic carbocycles. The molecule has 20 heavy (non-hydrogen) atoms. The van der Waals surface area contributed by atoms with Gasteiger partial charge in [0.1, 0.15) is 12.7 Å². The van der Waals surface area contributed by atoms with Crippen molar-refractivity contribution in [3.05, 3.63) is 30.1 Å². The summed E-state index contributed by atoms with van der Waals surface area (Å²) in [5.41, 5.74) is 0. The number of aliphatic hydroxyl groups is 1. The Morgan fingerprint density at radius 1 is 1.45 bits per heavy atom. The van der Waals surface area contributed by atoms with Crippen LogP contribution in [-0.4, -0.2) is 46.6 Å². The van der Waals surface area contributed by atoms with Gasteiger partial charge in [-0.25, -0.2) is 4.39 Å². The molecular weight excluding hydrogens is 281 g/mol. The van der Waals surface area contributed by atoms with Gasteiger partial charge in [0.05, 0.1) is 0 Å². The van der Waals surface area contributed by atoms with Crippen LogP contribution in [0.15, 0.2) is 24.3 Å². The van der Waals surface area contributed by atoms with Crippen molar-refractivity contribution in [3.8, 4) is 5.75 Å². The van der Waals surface area contributed by atoms with Crippen LogP contribution in [0.25, 0.3) is 0 Å². The van der Waals surface area contributed by atoms with E-state index in [0.29, 0.717) is 12.3 Å². The highest BCUT2D eigenvalue weighted by atomic mass is 32.2. The molecule has 1 aromatic rings. The Bertz CT molecular complexity index is 431. The van der Waals surface area contributed by atoms with Crippen LogP contribution in [0.5, 0.6) is 5.75 Å². The fourth-order valence-electron chi connectivity index (χ4n) is 1.59. The first-order valence-electron chi connectivity index (χ1n) is 6.58. The van der Waals surface area contributed by atoms with Gasteiger partial charge in [-0.05, 0) is 25.5 Å². The van der Waals surface area contributed by atoms with E-state index in [-0.39, 0.29) is 18.4 Å². The first kappa shape index (κ1) is 17.1. The molecule has 114 valence electrons. The fourth-order valence-corrected chi connectivity index (χ4v) is 2.27. The number of nitrogens with one attached hydrogen (secondary N) is 1. The zero-order chi connectivity index (χ0) is 15.0. The number of hydrogen-bond acceptors (Lipinski definition) is 4. The molecular formula is C14H22FNO3S. The minimum Gasteiger partial charge on any atom is -0.488 e. The molecule has 0 aromatic heterocycles. The van der Waals surface area contributed by atoms with Gasteiger partial charge < -0.3 is 15.2 Å². The molecule has 0 aliphatic rings. The third kappa shape index (κ3) is 6.98. The van der Waals surface area contributed by atoms with E-state index in [2.05, 4.69) is 5.32 Å². The molecule has 3 atom stereocenters. The third-order valence-electron chi connectivity index (χ3n) is 2.81. The van der Waals surface area contributed by atoms with Crippen LogP contribution in [0.1, 0.15) is 13.3 Å². The van der Waals surface area contributed by atoms with Gasteiger partial charge in [-0.3, -0.25) is 4.21 Å². The van der Waals surface area contributed by atoms with Crippen molar-refractivity contribution < 1.29 is 18.4 Å². The quantitative estimate of drug-likeness (QED) is 0.722. The number of aliphatic hydroxyl groups excluding tert-OH is 1. The average molecular weight is 303 g/mol. The monoisotopic (exact) mass is 303 g/mol. The van der Waals surface area contributed by atoms with Gasteiger partial charge in [0, 0.05) is 35.4 Å². The minimum atomic E-state index is -0.800. The summed E-state index contributed by atoms with van der Waals surface area (Å²) in [5, 5.41) is 12.9. The summed E-state index contributed by atoms with van der Waals surface area (Å²) in [6, 6.07) is 6.26. The lowest BCUT2D eigenvalue weighted by Crippen LogP contribution is -2.37. The Kier molecular flexibility index (Phi) is 7.72. The molecule has 0 fully saturated rings. The lowest BCUT2D eigenvalue weighted by Gasteiger charge is -2.17. The molecule has 0 spiro atoms. The van der Waals surface area contributed by atoms with Crippen LogP contribution in [-0.2, 0) is 10.8 Å². The predicted molar refractivity (Wildman–Crippen MR) is 78.9 cm³/mol. The summed E-state index contributed by atoms with van der Waals surface area (Å²) in [7, 11) is -0.800. The summed E-state index contributed by atoms with van der Waals surface area (Å²) in [6.07, 6.45) is 1.73. The van der Waals surface area contributed by atoms with E-state index in [4.69, 9.17) is 4.74 Å². The van der Waals surface area contributed by atoms with Gasteiger partial charge in [-0.2, -0.15) is 0 Å². The number of halogens is 1. The standard InChI is InChI=1S/C14H22FNO3S/c1-11(7-8-20(2)18)16-9-12(17)10-19-14-6-4-3-5-13(14)15/h3-6,11-12,16-17H,7-10H2,1-2H3. The van der Waals surface area contributed by atoms with E-state index in [1.165, 1.54) is 12.1 Å². The van der Waals surface area contributed by atoms with Crippen LogP contribution in [0, 0.1) is 5.82 Å². The minimum absolute atomic E-state index is 0.0281. The van der Waals surface area contributed by atoms with Crippen LogP contribution >= 0.6 is 0 Å². The van der Waals surface area contributed by atoms with Crippen LogP contribution < -0.4 is 10.1 Å². The molecule has 0 aliphatic heterocycles. The number of para-hydroxylation sites is 1. The van der Waals surface area contributed by atoms with Crippen molar-refractivity contribution in [2.45, 2.75) is 25.5 Å². The zero-order valence-electron chi connectivity index (χ0n) is 11.8. The van der Waals surface area contributed by atoms with E-state index >= 15 is 0 Å². The van der Waals surface area contributed by atoms with E-state index in [0.717, 1.165) is 6.42 Å². The van der Waals surface area contributed by atoms with Crippen LogP contribution in [0.3, 0.4) is 0 Å². The molecule has 1 aromatic carbocycles. The molecule has 0 bridgehead atoms. The number of benzene rings is 1. The Hall–Kier alpha value is -0.980. The van der Waals surface area contributed by atoms with E-state index in [1.54, 1.807) is 18.4 Å². The summed E-state index contributed by atoms with van der Waals surface area (Å²) >= 11 is 0. The third-order valence-corrected chi connectivity index (χ3v) is 3.62. The molecule has 4 nitrogen and oxygen atoms in total. The smallest absolute Gasteiger partial charge is 0.165 e. The zero-order valence-corrected chi connectivity index (χ0v) is 12.7. The van der Waals surface area contributed by atoms with Crippen molar-refractivity contribution in [2.75, 3.05) is 25.2 Å². The molecule has 0 amide bonds. The second-order valence-corrected chi connectivity index (χ2v) is 6.33. The lowest BCUT2D eigenvalue weighted by molar-refractivity contribution is 0.102. The van der Waals surface area contributed by atoms with Crippen LogP contribution in [0.2, 0.25) is 0 Å². The predicted octanol–water partition coefficient (Wildman–Crippen LogP) is 1.31. The van der Waals surface area contributed by atoms with E-state index in [9.17, 15) is 13.7 Å². The number of ether oxygens (including phenoxy) is 1. The Labute approximate surface area is 121 Å². The highest BCUT2D eigenvalue weighted by molar-refractivity contribution is 7.84. The maximum atomic E-state index is 13.3. The Balaban J connectivity index is 2.22. The molecule has 2 N–H and O–H groups in total. The maximum Gasteiger partial charge on any atom is 0.165 e. The van der Waals surface area contributed by atoms with Crippen molar-refractivity contribution >= 4 is 10.8 Å². The van der Waals surface area contributed by atoms with Gasteiger partial charge >= 0.3 is 0 Å². The first-order chi connectivity index (χ1) is 9.49. The highest BCUT2D eigenvalue weighted by Gasteiger charge is 2.10. The molecule has 0 saturated heterocycles. The molecule has 0 heterocycles. The van der Waals surface area contributed by atoms with Crippen molar-refractivity contribution in [1.82, 2.24) is 5.32 Å². The topological polar surface area (TPSA) is 58.6 Å². The number of rotatable bonds is 9. The molecule has 0 radical (unpaired) electrons. The second kappa shape index (κ2) is 9.05. The van der Waals surface area contributed by atoms with Gasteiger partial charge in [-0.1, -0.05) is 12.1 Å². The summed E-state index contributed by atoms with van der Waals surface area (Å²) < 4.78 is 29.5. The molecule has 3 unspecified atom stereocenters. The Morgan fingerprint density at radius 2 is 2.15 bits per heavy atom. The Morgan fingerprint density at radius 3 is 2.80 bits per heavy atom. The van der Waals surface area contributed by atoms with Gasteiger partial charge in [0.2, 0.25) is 0 Å². The maximum absolute atomic E-state index is 13.3. The van der Waals surface area contributed by atoms with E-state index in [1.807, 2.05) is 6.92 Å². The first-order valence-corrected chi connectivity index (χ1v) is 8.30. The van der Waals surface area contributed by atoms with Crippen LogP contribution in [0.4, 0.5) is 4.39 Å². The highest BCUT2D eigenvalue weighted by Crippen LogP contribution is 2.15. The normalized spacial score (nSPS) is 15.6.